The lowest BCUT2D eigenvalue weighted by atomic mass is 9.98. The molecule has 2 nitrogen and oxygen atoms in total. The van der Waals surface area contributed by atoms with E-state index in [1.165, 1.54) is 50.0 Å². The van der Waals surface area contributed by atoms with Crippen LogP contribution in [-0.2, 0) is 6.42 Å². The van der Waals surface area contributed by atoms with Crippen molar-refractivity contribution < 1.29 is 0 Å². The van der Waals surface area contributed by atoms with Gasteiger partial charge >= 0.3 is 0 Å². The first-order chi connectivity index (χ1) is 9.76. The Morgan fingerprint density at radius 2 is 1.75 bits per heavy atom. The fourth-order valence-corrected chi connectivity index (χ4v) is 3.14. The zero-order valence-electron chi connectivity index (χ0n) is 13.4. The van der Waals surface area contributed by atoms with E-state index in [2.05, 4.69) is 55.3 Å². The Labute approximate surface area is 124 Å². The van der Waals surface area contributed by atoms with Crippen molar-refractivity contribution in [3.63, 3.8) is 0 Å². The molecule has 0 aliphatic carbocycles. The average Bonchev–Trinajstić information content (AvgIpc) is 2.53. The highest BCUT2D eigenvalue weighted by atomic mass is 15.1. The van der Waals surface area contributed by atoms with E-state index in [0.717, 1.165) is 6.42 Å². The van der Waals surface area contributed by atoms with Crippen LogP contribution in [0.3, 0.4) is 0 Å². The Bertz CT molecular complexity index is 377. The molecule has 1 aromatic rings. The molecule has 1 heterocycles. The molecule has 0 bridgehead atoms. The summed E-state index contributed by atoms with van der Waals surface area (Å²) in [5.41, 5.74) is 2.88. The van der Waals surface area contributed by atoms with Gasteiger partial charge in [-0.25, -0.2) is 0 Å². The summed E-state index contributed by atoms with van der Waals surface area (Å²) in [6, 6.07) is 10.4. The molecule has 0 aromatic heterocycles. The number of hydrogen-bond acceptors (Lipinski definition) is 2. The maximum atomic E-state index is 3.88. The largest absolute Gasteiger partial charge is 0.307 e. The third kappa shape index (κ3) is 4.07. The third-order valence-corrected chi connectivity index (χ3v) is 4.67. The van der Waals surface area contributed by atoms with Gasteiger partial charge in [0.05, 0.1) is 0 Å². The first-order valence-electron chi connectivity index (χ1n) is 8.34. The van der Waals surface area contributed by atoms with Crippen LogP contribution in [0, 0.1) is 0 Å². The normalized spacial score (nSPS) is 19.1. The molecule has 1 aromatic carbocycles. The molecule has 1 unspecified atom stereocenters. The van der Waals surface area contributed by atoms with E-state index in [0.29, 0.717) is 12.1 Å². The number of hydrogen-bond donors (Lipinski definition) is 1. The van der Waals surface area contributed by atoms with Crippen molar-refractivity contribution in [1.82, 2.24) is 10.2 Å². The molecule has 1 aliphatic heterocycles. The van der Waals surface area contributed by atoms with Gasteiger partial charge < -0.3 is 10.2 Å². The molecule has 1 saturated heterocycles. The van der Waals surface area contributed by atoms with Gasteiger partial charge in [-0.3, -0.25) is 0 Å². The molecule has 1 fully saturated rings. The Balaban J connectivity index is 1.91. The van der Waals surface area contributed by atoms with Crippen LogP contribution in [0.25, 0.3) is 0 Å². The molecule has 1 aliphatic rings. The predicted octanol–water partition coefficient (Wildman–Crippen LogP) is 3.77. The van der Waals surface area contributed by atoms with Crippen molar-refractivity contribution in [2.24, 2.45) is 0 Å². The summed E-state index contributed by atoms with van der Waals surface area (Å²) in [5, 5.41) is 3.88. The summed E-state index contributed by atoms with van der Waals surface area (Å²) >= 11 is 0. The molecule has 0 spiro atoms. The van der Waals surface area contributed by atoms with E-state index in [-0.39, 0.29) is 0 Å². The maximum Gasteiger partial charge on any atom is 0.0320 e. The van der Waals surface area contributed by atoms with Crippen LogP contribution in [-0.4, -0.2) is 30.6 Å². The first-order valence-corrected chi connectivity index (χ1v) is 8.34. The number of nitrogens with zero attached hydrogens (tertiary/aromatic N) is 1. The minimum atomic E-state index is 0.513. The van der Waals surface area contributed by atoms with Crippen LogP contribution in [0.1, 0.15) is 57.2 Å². The number of aryl methyl sites for hydroxylation is 1. The van der Waals surface area contributed by atoms with Gasteiger partial charge in [-0.05, 0) is 56.4 Å². The first kappa shape index (κ1) is 15.5. The van der Waals surface area contributed by atoms with E-state index in [1.54, 1.807) is 0 Å². The van der Waals surface area contributed by atoms with Crippen molar-refractivity contribution in [3.8, 4) is 0 Å². The second-order valence-corrected chi connectivity index (χ2v) is 5.93. The molecule has 2 rings (SSSR count). The third-order valence-electron chi connectivity index (χ3n) is 4.67. The van der Waals surface area contributed by atoms with E-state index < -0.39 is 0 Å². The van der Waals surface area contributed by atoms with Gasteiger partial charge in [0, 0.05) is 12.1 Å². The van der Waals surface area contributed by atoms with Gasteiger partial charge in [-0.15, -0.1) is 0 Å². The molecular weight excluding hydrogens is 244 g/mol. The average molecular weight is 274 g/mol. The van der Waals surface area contributed by atoms with Gasteiger partial charge in [0.2, 0.25) is 0 Å². The Morgan fingerprint density at radius 3 is 2.25 bits per heavy atom. The predicted molar refractivity (Wildman–Crippen MR) is 87.1 cm³/mol. The Hall–Kier alpha value is -0.860. The molecule has 2 heteroatoms. The van der Waals surface area contributed by atoms with Crippen molar-refractivity contribution >= 4 is 0 Å². The Morgan fingerprint density at radius 1 is 1.10 bits per heavy atom. The summed E-state index contributed by atoms with van der Waals surface area (Å²) in [6.07, 6.45) is 4.87. The van der Waals surface area contributed by atoms with E-state index in [4.69, 9.17) is 0 Å². The maximum absolute atomic E-state index is 3.88. The summed E-state index contributed by atoms with van der Waals surface area (Å²) in [6.45, 7) is 10.5. The molecule has 0 radical (unpaired) electrons. The van der Waals surface area contributed by atoms with Gasteiger partial charge in [-0.1, -0.05) is 45.0 Å². The Kier molecular flexibility index (Phi) is 6.06. The van der Waals surface area contributed by atoms with Crippen LogP contribution in [0.2, 0.25) is 0 Å². The topological polar surface area (TPSA) is 15.3 Å². The quantitative estimate of drug-likeness (QED) is 0.849. The minimum absolute atomic E-state index is 0.513. The zero-order valence-corrected chi connectivity index (χ0v) is 13.4. The van der Waals surface area contributed by atoms with Crippen molar-refractivity contribution in [2.45, 2.75) is 58.5 Å². The van der Waals surface area contributed by atoms with Crippen molar-refractivity contribution in [1.29, 1.82) is 0 Å². The van der Waals surface area contributed by atoms with Crippen LogP contribution in [0.4, 0.5) is 0 Å². The molecule has 20 heavy (non-hydrogen) atoms. The van der Waals surface area contributed by atoms with Gasteiger partial charge in [-0.2, -0.15) is 0 Å². The summed E-state index contributed by atoms with van der Waals surface area (Å²) in [5.74, 6) is 0. The molecule has 112 valence electrons. The number of rotatable bonds is 6. The lowest BCUT2D eigenvalue weighted by Gasteiger charge is -2.34. The summed E-state index contributed by atoms with van der Waals surface area (Å²) in [7, 11) is 0. The standard InChI is InChI=1S/C18H30N2/c1-4-15-7-9-16(10-8-15)18(5-2)19-17-11-13-20(6-3)14-12-17/h7-10,17-19H,4-6,11-14H2,1-3H3. The molecule has 0 saturated carbocycles. The monoisotopic (exact) mass is 274 g/mol. The molecule has 1 N–H and O–H groups in total. The van der Waals surface area contributed by atoms with Gasteiger partial charge in [0.25, 0.3) is 0 Å². The highest BCUT2D eigenvalue weighted by Crippen LogP contribution is 2.21. The van der Waals surface area contributed by atoms with Crippen LogP contribution < -0.4 is 5.32 Å². The van der Waals surface area contributed by atoms with Crippen LogP contribution in [0.5, 0.6) is 0 Å². The number of benzene rings is 1. The number of nitrogens with one attached hydrogen (secondary N) is 1. The summed E-state index contributed by atoms with van der Waals surface area (Å²) < 4.78 is 0. The zero-order chi connectivity index (χ0) is 14.4. The van der Waals surface area contributed by atoms with E-state index in [1.807, 2.05) is 0 Å². The van der Waals surface area contributed by atoms with Gasteiger partial charge in [0.15, 0.2) is 0 Å². The fraction of sp³-hybridized carbons (Fsp3) is 0.667. The molecular formula is C18H30N2. The molecule has 0 amide bonds. The lowest BCUT2D eigenvalue weighted by Crippen LogP contribution is -2.43. The second-order valence-electron chi connectivity index (χ2n) is 5.93. The highest BCUT2D eigenvalue weighted by molar-refractivity contribution is 5.25. The van der Waals surface area contributed by atoms with Crippen LogP contribution in [0.15, 0.2) is 24.3 Å². The molecule has 1 atom stereocenters. The smallest absolute Gasteiger partial charge is 0.0320 e. The number of likely N-dealkylation sites (tertiary alicyclic amines) is 1. The van der Waals surface area contributed by atoms with Crippen molar-refractivity contribution in [3.05, 3.63) is 35.4 Å². The van der Waals surface area contributed by atoms with Gasteiger partial charge in [0.1, 0.15) is 0 Å². The number of piperidine rings is 1. The highest BCUT2D eigenvalue weighted by Gasteiger charge is 2.20. The fourth-order valence-electron chi connectivity index (χ4n) is 3.14. The lowest BCUT2D eigenvalue weighted by molar-refractivity contribution is 0.198. The van der Waals surface area contributed by atoms with E-state index >= 15 is 0 Å². The van der Waals surface area contributed by atoms with Crippen molar-refractivity contribution in [2.75, 3.05) is 19.6 Å². The SMILES string of the molecule is CCc1ccc(C(CC)NC2CCN(CC)CC2)cc1. The van der Waals surface area contributed by atoms with Crippen LogP contribution >= 0.6 is 0 Å². The minimum Gasteiger partial charge on any atom is -0.307 e. The summed E-state index contributed by atoms with van der Waals surface area (Å²) in [4.78, 5) is 2.55. The van der Waals surface area contributed by atoms with E-state index in [9.17, 15) is 0 Å². The second kappa shape index (κ2) is 7.80.